The Morgan fingerprint density at radius 3 is 2.30 bits per heavy atom. The SMILES string of the molecule is BN(Cc1nc(-c2cccc(C)n2)c(-c2ccc3ncnn3c2)[nH]1)C(c1ccccc1)c1ccccc1. The maximum absolute atomic E-state index is 5.07. The van der Waals surface area contributed by atoms with Gasteiger partial charge >= 0.3 is 0 Å². The van der Waals surface area contributed by atoms with Gasteiger partial charge in [-0.15, -0.1) is 0 Å². The maximum Gasteiger partial charge on any atom is 0.187 e. The van der Waals surface area contributed by atoms with Gasteiger partial charge in [0.05, 0.1) is 17.4 Å². The number of pyridine rings is 2. The van der Waals surface area contributed by atoms with Crippen LogP contribution in [0.15, 0.2) is 104 Å². The van der Waals surface area contributed by atoms with Crippen LogP contribution in [0.25, 0.3) is 28.3 Å². The minimum Gasteiger partial charge on any atom is -0.340 e. The van der Waals surface area contributed by atoms with E-state index in [-0.39, 0.29) is 6.04 Å². The summed E-state index contributed by atoms with van der Waals surface area (Å²) in [5, 5.41) is 4.31. The number of hydrogen-bond acceptors (Lipinski definition) is 5. The monoisotopic (exact) mass is 483 g/mol. The second-order valence-corrected chi connectivity index (χ2v) is 9.19. The summed E-state index contributed by atoms with van der Waals surface area (Å²) >= 11 is 0. The molecule has 6 rings (SSSR count). The topological polar surface area (TPSA) is 75.0 Å². The molecule has 0 radical (unpaired) electrons. The molecule has 0 unspecified atom stereocenters. The van der Waals surface area contributed by atoms with E-state index in [2.05, 4.69) is 88.5 Å². The van der Waals surface area contributed by atoms with Crippen molar-refractivity contribution in [3.63, 3.8) is 0 Å². The van der Waals surface area contributed by atoms with E-state index in [1.807, 2.05) is 43.5 Å². The van der Waals surface area contributed by atoms with Gasteiger partial charge in [-0.2, -0.15) is 5.10 Å². The summed E-state index contributed by atoms with van der Waals surface area (Å²) in [5.41, 5.74) is 7.76. The van der Waals surface area contributed by atoms with Gasteiger partial charge in [0.25, 0.3) is 0 Å². The Balaban J connectivity index is 1.41. The third-order valence-electron chi connectivity index (χ3n) is 6.52. The molecule has 0 saturated carbocycles. The first-order chi connectivity index (χ1) is 18.2. The Bertz CT molecular complexity index is 1600. The van der Waals surface area contributed by atoms with E-state index in [9.17, 15) is 0 Å². The maximum atomic E-state index is 5.07. The summed E-state index contributed by atoms with van der Waals surface area (Å²) in [6.07, 6.45) is 3.53. The predicted molar refractivity (Wildman–Crippen MR) is 147 cm³/mol. The van der Waals surface area contributed by atoms with Crippen LogP contribution in [-0.2, 0) is 6.54 Å². The van der Waals surface area contributed by atoms with Crippen LogP contribution in [0, 0.1) is 6.92 Å². The van der Waals surface area contributed by atoms with Gasteiger partial charge in [-0.1, -0.05) is 66.7 Å². The first-order valence-electron chi connectivity index (χ1n) is 12.3. The molecule has 0 aliphatic heterocycles. The van der Waals surface area contributed by atoms with Crippen LogP contribution >= 0.6 is 0 Å². The number of aromatic nitrogens is 6. The zero-order valence-corrected chi connectivity index (χ0v) is 20.8. The molecule has 0 amide bonds. The Kier molecular flexibility index (Phi) is 6.08. The number of rotatable bonds is 7. The predicted octanol–water partition coefficient (Wildman–Crippen LogP) is 4.63. The van der Waals surface area contributed by atoms with E-state index < -0.39 is 0 Å². The van der Waals surface area contributed by atoms with E-state index in [0.717, 1.165) is 39.8 Å². The largest absolute Gasteiger partial charge is 0.340 e. The van der Waals surface area contributed by atoms with Gasteiger partial charge in [-0.05, 0) is 42.3 Å². The van der Waals surface area contributed by atoms with Crippen molar-refractivity contribution < 1.29 is 0 Å². The summed E-state index contributed by atoms with van der Waals surface area (Å²) < 4.78 is 1.77. The average Bonchev–Trinajstić information content (AvgIpc) is 3.57. The quantitative estimate of drug-likeness (QED) is 0.335. The Labute approximate surface area is 216 Å². The van der Waals surface area contributed by atoms with Crippen molar-refractivity contribution in [3.8, 4) is 22.6 Å². The average molecular weight is 483 g/mol. The zero-order chi connectivity index (χ0) is 25.2. The Morgan fingerprint density at radius 1 is 0.865 bits per heavy atom. The molecule has 8 heteroatoms. The van der Waals surface area contributed by atoms with E-state index >= 15 is 0 Å². The highest BCUT2D eigenvalue weighted by Gasteiger charge is 2.22. The zero-order valence-electron chi connectivity index (χ0n) is 20.8. The lowest BCUT2D eigenvalue weighted by Gasteiger charge is -2.29. The van der Waals surface area contributed by atoms with Gasteiger partial charge in [0.1, 0.15) is 17.8 Å². The number of fused-ring (bicyclic) bond motifs is 1. The third-order valence-corrected chi connectivity index (χ3v) is 6.52. The van der Waals surface area contributed by atoms with Gasteiger partial charge in [-0.3, -0.25) is 4.98 Å². The Morgan fingerprint density at radius 2 is 1.59 bits per heavy atom. The van der Waals surface area contributed by atoms with E-state index in [4.69, 9.17) is 9.97 Å². The molecule has 0 fully saturated rings. The van der Waals surface area contributed by atoms with Gasteiger partial charge in [0.15, 0.2) is 13.6 Å². The van der Waals surface area contributed by atoms with Crippen LogP contribution in [0.4, 0.5) is 0 Å². The summed E-state index contributed by atoms with van der Waals surface area (Å²) in [5.74, 6) is 0.867. The van der Waals surface area contributed by atoms with Crippen LogP contribution in [0.1, 0.15) is 28.7 Å². The minimum atomic E-state index is 0.0861. The number of aryl methyl sites for hydroxylation is 1. The molecule has 0 spiro atoms. The molecule has 180 valence electrons. The minimum absolute atomic E-state index is 0.0861. The van der Waals surface area contributed by atoms with Crippen LogP contribution in [-0.4, -0.2) is 42.3 Å². The third kappa shape index (κ3) is 4.67. The summed E-state index contributed by atoms with van der Waals surface area (Å²) in [4.78, 5) is 20.0. The molecule has 0 aliphatic carbocycles. The highest BCUT2D eigenvalue weighted by molar-refractivity contribution is 6.04. The fraction of sp³-hybridized carbons (Fsp3) is 0.103. The number of H-pyrrole nitrogens is 1. The lowest BCUT2D eigenvalue weighted by Crippen LogP contribution is -2.27. The molecular formula is C29H26BN7. The normalized spacial score (nSPS) is 11.5. The van der Waals surface area contributed by atoms with E-state index in [0.29, 0.717) is 6.54 Å². The van der Waals surface area contributed by atoms with Crippen molar-refractivity contribution in [1.29, 1.82) is 0 Å². The Hall–Kier alpha value is -4.56. The molecule has 0 atom stereocenters. The number of nitrogens with zero attached hydrogens (tertiary/aromatic N) is 6. The van der Waals surface area contributed by atoms with Crippen molar-refractivity contribution in [2.24, 2.45) is 0 Å². The number of nitrogens with one attached hydrogen (secondary N) is 1. The van der Waals surface area contributed by atoms with Crippen molar-refractivity contribution in [2.75, 3.05) is 0 Å². The van der Waals surface area contributed by atoms with Crippen molar-refractivity contribution in [3.05, 3.63) is 126 Å². The second kappa shape index (κ2) is 9.83. The first kappa shape index (κ1) is 22.9. The van der Waals surface area contributed by atoms with Gasteiger partial charge < -0.3 is 9.79 Å². The van der Waals surface area contributed by atoms with E-state index in [1.165, 1.54) is 11.1 Å². The van der Waals surface area contributed by atoms with Crippen LogP contribution in [0.3, 0.4) is 0 Å². The summed E-state index contributed by atoms with van der Waals surface area (Å²) in [7, 11) is 2.14. The lowest BCUT2D eigenvalue weighted by molar-refractivity contribution is 0.373. The van der Waals surface area contributed by atoms with Gasteiger partial charge in [0, 0.05) is 24.0 Å². The van der Waals surface area contributed by atoms with E-state index in [1.54, 1.807) is 10.8 Å². The van der Waals surface area contributed by atoms with Crippen LogP contribution in [0.5, 0.6) is 0 Å². The second-order valence-electron chi connectivity index (χ2n) is 9.19. The summed E-state index contributed by atoms with van der Waals surface area (Å²) in [6.45, 7) is 2.62. The molecular weight excluding hydrogens is 457 g/mol. The summed E-state index contributed by atoms with van der Waals surface area (Å²) in [6, 6.07) is 31.3. The molecule has 2 aromatic carbocycles. The fourth-order valence-corrected chi connectivity index (χ4v) is 4.83. The van der Waals surface area contributed by atoms with Gasteiger partial charge in [0.2, 0.25) is 0 Å². The number of hydrogen-bond donors (Lipinski definition) is 1. The highest BCUT2D eigenvalue weighted by atomic mass is 15.3. The van der Waals surface area contributed by atoms with Crippen molar-refractivity contribution >= 4 is 13.6 Å². The molecule has 1 N–H and O–H groups in total. The molecule has 4 heterocycles. The molecule has 7 nitrogen and oxygen atoms in total. The lowest BCUT2D eigenvalue weighted by atomic mass is 9.94. The molecule has 37 heavy (non-hydrogen) atoms. The molecule has 0 saturated heterocycles. The number of imidazole rings is 1. The first-order valence-corrected chi connectivity index (χ1v) is 12.3. The molecule has 4 aromatic heterocycles. The number of benzene rings is 2. The van der Waals surface area contributed by atoms with Crippen LogP contribution < -0.4 is 0 Å². The van der Waals surface area contributed by atoms with Crippen molar-refractivity contribution in [1.82, 2.24) is 34.4 Å². The standard InChI is InChI=1S/C29H26BN7/c1-20-9-8-14-24(33-20)28-27(23-15-16-26-31-19-32-37(26)17-23)34-25(35-28)18-36(30)29(21-10-4-2-5-11-21)22-12-6-3-7-13-22/h2-17,19,29H,18,30H2,1H3,(H,34,35). The van der Waals surface area contributed by atoms with Gasteiger partial charge in [-0.25, -0.2) is 14.5 Å². The fourth-order valence-electron chi connectivity index (χ4n) is 4.83. The highest BCUT2D eigenvalue weighted by Crippen LogP contribution is 2.32. The molecule has 6 aromatic rings. The molecule has 0 bridgehead atoms. The molecule has 0 aliphatic rings. The van der Waals surface area contributed by atoms with Crippen LogP contribution in [0.2, 0.25) is 0 Å². The smallest absolute Gasteiger partial charge is 0.187 e. The number of aromatic amines is 1. The van der Waals surface area contributed by atoms with Crippen molar-refractivity contribution in [2.45, 2.75) is 19.5 Å².